The second kappa shape index (κ2) is 5.96. The maximum absolute atomic E-state index is 12.6. The second-order valence-electron chi connectivity index (χ2n) is 6.28. The molecule has 0 saturated heterocycles. The van der Waals surface area contributed by atoms with Crippen LogP contribution in [0.2, 0.25) is 0 Å². The first-order valence-electron chi connectivity index (χ1n) is 7.57. The average molecular weight is 274 g/mol. The molecule has 1 aromatic rings. The summed E-state index contributed by atoms with van der Waals surface area (Å²) in [6, 6.07) is 8.73. The smallest absolute Gasteiger partial charge is 0.237 e. The van der Waals surface area contributed by atoms with E-state index in [0.717, 1.165) is 37.1 Å². The number of hydrogen-bond donors (Lipinski definition) is 1. The van der Waals surface area contributed by atoms with Crippen molar-refractivity contribution in [2.75, 3.05) is 18.5 Å². The molecule has 1 atom stereocenters. The summed E-state index contributed by atoms with van der Waals surface area (Å²) in [4.78, 5) is 14.6. The molecule has 1 aliphatic rings. The highest BCUT2D eigenvalue weighted by molar-refractivity contribution is 6.07. The van der Waals surface area contributed by atoms with Gasteiger partial charge in [-0.2, -0.15) is 0 Å². The zero-order chi connectivity index (χ0) is 14.8. The van der Waals surface area contributed by atoms with Gasteiger partial charge in [-0.05, 0) is 52.3 Å². The number of nitrogens with zero attached hydrogens (tertiary/aromatic N) is 1. The number of anilines is 1. The molecule has 1 heterocycles. The summed E-state index contributed by atoms with van der Waals surface area (Å²) in [5.74, 6) is 0.236. The molecule has 3 nitrogen and oxygen atoms in total. The number of carbonyl (C=O) groups is 1. The van der Waals surface area contributed by atoms with E-state index < -0.39 is 0 Å². The first-order chi connectivity index (χ1) is 9.48. The minimum absolute atomic E-state index is 0.236. The van der Waals surface area contributed by atoms with Gasteiger partial charge in [0.15, 0.2) is 0 Å². The van der Waals surface area contributed by atoms with E-state index in [2.05, 4.69) is 24.4 Å². The summed E-state index contributed by atoms with van der Waals surface area (Å²) >= 11 is 0. The quantitative estimate of drug-likeness (QED) is 0.809. The van der Waals surface area contributed by atoms with E-state index in [0.29, 0.717) is 6.04 Å². The molecule has 0 bridgehead atoms. The van der Waals surface area contributed by atoms with Crippen molar-refractivity contribution in [3.63, 3.8) is 0 Å². The van der Waals surface area contributed by atoms with Crippen LogP contribution in [0.15, 0.2) is 24.3 Å². The van der Waals surface area contributed by atoms with Gasteiger partial charge >= 0.3 is 0 Å². The summed E-state index contributed by atoms with van der Waals surface area (Å²) in [5.41, 5.74) is 1.88. The predicted molar refractivity (Wildman–Crippen MR) is 84.2 cm³/mol. The van der Waals surface area contributed by atoms with Gasteiger partial charge in [-0.1, -0.05) is 24.6 Å². The van der Waals surface area contributed by atoms with E-state index >= 15 is 0 Å². The Labute approximate surface area is 122 Å². The van der Waals surface area contributed by atoms with Crippen molar-refractivity contribution < 1.29 is 4.79 Å². The molecule has 2 rings (SSSR count). The normalized spacial score (nSPS) is 18.2. The van der Waals surface area contributed by atoms with Gasteiger partial charge in [0.05, 0.1) is 5.41 Å². The Morgan fingerprint density at radius 2 is 1.95 bits per heavy atom. The molecule has 0 saturated carbocycles. The number of unbranched alkanes of at least 4 members (excludes halogenated alkanes) is 1. The van der Waals surface area contributed by atoms with Crippen LogP contribution in [0.5, 0.6) is 0 Å². The van der Waals surface area contributed by atoms with Crippen LogP contribution in [-0.4, -0.2) is 25.5 Å². The SMILES string of the molecule is CNC(C)CCCCN1C(=O)C(C)(C)c2ccccc21. The number of amides is 1. The van der Waals surface area contributed by atoms with Gasteiger partial charge in [-0.15, -0.1) is 0 Å². The third kappa shape index (κ3) is 2.73. The Kier molecular flexibility index (Phi) is 4.48. The van der Waals surface area contributed by atoms with E-state index in [1.807, 2.05) is 37.9 Å². The average Bonchev–Trinajstić information content (AvgIpc) is 2.64. The Hall–Kier alpha value is -1.35. The highest BCUT2D eigenvalue weighted by Gasteiger charge is 2.43. The summed E-state index contributed by atoms with van der Waals surface area (Å²) in [6.07, 6.45) is 3.36. The lowest BCUT2D eigenvalue weighted by atomic mass is 9.86. The number of carbonyl (C=O) groups excluding carboxylic acids is 1. The molecule has 1 N–H and O–H groups in total. The number of benzene rings is 1. The van der Waals surface area contributed by atoms with E-state index in [1.54, 1.807) is 0 Å². The second-order valence-corrected chi connectivity index (χ2v) is 6.28. The zero-order valence-electron chi connectivity index (χ0n) is 13.1. The fourth-order valence-electron chi connectivity index (χ4n) is 2.89. The number of para-hydroxylation sites is 1. The Morgan fingerprint density at radius 1 is 1.25 bits per heavy atom. The molecule has 0 aliphatic carbocycles. The number of fused-ring (bicyclic) bond motifs is 1. The van der Waals surface area contributed by atoms with E-state index in [4.69, 9.17) is 0 Å². The molecule has 0 spiro atoms. The molecule has 110 valence electrons. The fraction of sp³-hybridized carbons (Fsp3) is 0.588. The Balaban J connectivity index is 2.01. The van der Waals surface area contributed by atoms with Crippen molar-refractivity contribution in [2.45, 2.75) is 51.5 Å². The predicted octanol–water partition coefficient (Wildman–Crippen LogP) is 3.09. The van der Waals surface area contributed by atoms with Crippen molar-refractivity contribution in [2.24, 2.45) is 0 Å². The third-order valence-electron chi connectivity index (χ3n) is 4.41. The maximum atomic E-state index is 12.6. The summed E-state index contributed by atoms with van der Waals surface area (Å²) < 4.78 is 0. The van der Waals surface area contributed by atoms with E-state index in [9.17, 15) is 4.79 Å². The molecular weight excluding hydrogens is 248 g/mol. The van der Waals surface area contributed by atoms with Gasteiger partial charge in [0.1, 0.15) is 0 Å². The molecule has 1 aromatic carbocycles. The molecule has 1 aliphatic heterocycles. The largest absolute Gasteiger partial charge is 0.317 e. The van der Waals surface area contributed by atoms with Crippen molar-refractivity contribution >= 4 is 11.6 Å². The minimum atomic E-state index is -0.380. The van der Waals surface area contributed by atoms with Crippen LogP contribution in [0, 0.1) is 0 Å². The Bertz CT molecular complexity index is 482. The standard InChI is InChI=1S/C17H26N2O/c1-13(18-4)9-7-8-12-19-15-11-6-5-10-14(15)17(2,3)16(19)20/h5-6,10-11,13,18H,7-9,12H2,1-4H3. The summed E-state index contributed by atoms with van der Waals surface area (Å²) in [5, 5.41) is 3.25. The topological polar surface area (TPSA) is 32.3 Å². The van der Waals surface area contributed by atoms with Crippen LogP contribution in [0.4, 0.5) is 5.69 Å². The monoisotopic (exact) mass is 274 g/mol. The van der Waals surface area contributed by atoms with Crippen molar-refractivity contribution in [3.8, 4) is 0 Å². The van der Waals surface area contributed by atoms with Crippen molar-refractivity contribution in [1.29, 1.82) is 0 Å². The van der Waals surface area contributed by atoms with Crippen LogP contribution in [0.25, 0.3) is 0 Å². The molecule has 1 unspecified atom stereocenters. The van der Waals surface area contributed by atoms with Gasteiger partial charge in [0.2, 0.25) is 5.91 Å². The van der Waals surface area contributed by atoms with Gasteiger partial charge in [0.25, 0.3) is 0 Å². The lowest BCUT2D eigenvalue weighted by molar-refractivity contribution is -0.122. The molecule has 3 heteroatoms. The minimum Gasteiger partial charge on any atom is -0.317 e. The highest BCUT2D eigenvalue weighted by atomic mass is 16.2. The van der Waals surface area contributed by atoms with Crippen molar-refractivity contribution in [1.82, 2.24) is 5.32 Å². The molecule has 20 heavy (non-hydrogen) atoms. The van der Waals surface area contributed by atoms with Crippen LogP contribution >= 0.6 is 0 Å². The first kappa shape index (κ1) is 15.0. The molecule has 0 aromatic heterocycles. The number of hydrogen-bond acceptors (Lipinski definition) is 2. The van der Waals surface area contributed by atoms with E-state index in [-0.39, 0.29) is 11.3 Å². The molecule has 1 amide bonds. The van der Waals surface area contributed by atoms with Crippen LogP contribution in [-0.2, 0) is 10.2 Å². The van der Waals surface area contributed by atoms with Crippen LogP contribution in [0.1, 0.15) is 45.6 Å². The highest BCUT2D eigenvalue weighted by Crippen LogP contribution is 2.41. The van der Waals surface area contributed by atoms with Gasteiger partial charge in [-0.3, -0.25) is 4.79 Å². The number of rotatable bonds is 6. The molecule has 0 radical (unpaired) electrons. The van der Waals surface area contributed by atoms with Crippen LogP contribution < -0.4 is 10.2 Å². The zero-order valence-corrected chi connectivity index (χ0v) is 13.1. The fourth-order valence-corrected chi connectivity index (χ4v) is 2.89. The lowest BCUT2D eigenvalue weighted by Gasteiger charge is -2.20. The Morgan fingerprint density at radius 3 is 2.65 bits per heavy atom. The summed E-state index contributed by atoms with van der Waals surface area (Å²) in [6.45, 7) is 7.07. The summed E-state index contributed by atoms with van der Waals surface area (Å²) in [7, 11) is 1.99. The van der Waals surface area contributed by atoms with Crippen LogP contribution in [0.3, 0.4) is 0 Å². The molecule has 0 fully saturated rings. The molecular formula is C17H26N2O. The maximum Gasteiger partial charge on any atom is 0.237 e. The van der Waals surface area contributed by atoms with E-state index in [1.165, 1.54) is 0 Å². The third-order valence-corrected chi connectivity index (χ3v) is 4.41. The first-order valence-corrected chi connectivity index (χ1v) is 7.57. The lowest BCUT2D eigenvalue weighted by Crippen LogP contribution is -2.36. The van der Waals surface area contributed by atoms with Gasteiger partial charge in [-0.25, -0.2) is 0 Å². The van der Waals surface area contributed by atoms with Crippen molar-refractivity contribution in [3.05, 3.63) is 29.8 Å². The van der Waals surface area contributed by atoms with Gasteiger partial charge < -0.3 is 10.2 Å². The van der Waals surface area contributed by atoms with Gasteiger partial charge in [0, 0.05) is 18.3 Å². The number of nitrogens with one attached hydrogen (secondary N) is 1.